The zero-order chi connectivity index (χ0) is 6.69. The van der Waals surface area contributed by atoms with E-state index in [-0.39, 0.29) is 12.2 Å². The van der Waals surface area contributed by atoms with Gasteiger partial charge >= 0.3 is 0 Å². The highest BCUT2D eigenvalue weighted by atomic mass is 16.5. The van der Waals surface area contributed by atoms with Gasteiger partial charge in [0.15, 0.2) is 0 Å². The van der Waals surface area contributed by atoms with E-state index in [1.165, 1.54) is 0 Å². The molecule has 1 rings (SSSR count). The molecule has 2 atom stereocenters. The molecule has 0 bridgehead atoms. The fraction of sp³-hybridized carbons (Fsp3) is 0.833. The molecule has 1 heterocycles. The quantitative estimate of drug-likeness (QED) is 0.488. The predicted molar refractivity (Wildman–Crippen MR) is 33.3 cm³/mol. The standard InChI is InChI=1S/C6H11NO2/c1-5-2-7-3-6(4-8)9-5/h4-7H,2-3H2,1H3/t5-,6-/m1/s1. The Kier molecular flexibility index (Phi) is 2.19. The first-order valence-electron chi connectivity index (χ1n) is 3.14. The van der Waals surface area contributed by atoms with Gasteiger partial charge in [-0.2, -0.15) is 0 Å². The Balaban J connectivity index is 2.31. The molecule has 1 aliphatic rings. The average Bonchev–Trinajstić information content (AvgIpc) is 1.88. The van der Waals surface area contributed by atoms with Crippen molar-refractivity contribution >= 4 is 6.29 Å². The van der Waals surface area contributed by atoms with Gasteiger partial charge in [-0.1, -0.05) is 0 Å². The van der Waals surface area contributed by atoms with Crippen molar-refractivity contribution < 1.29 is 9.53 Å². The van der Waals surface area contributed by atoms with E-state index in [0.29, 0.717) is 6.54 Å². The van der Waals surface area contributed by atoms with Crippen LogP contribution in [0, 0.1) is 0 Å². The van der Waals surface area contributed by atoms with Gasteiger partial charge in [-0.25, -0.2) is 0 Å². The molecule has 0 aromatic carbocycles. The highest BCUT2D eigenvalue weighted by Crippen LogP contribution is 1.99. The number of hydrogen-bond donors (Lipinski definition) is 1. The maximum atomic E-state index is 10.1. The summed E-state index contributed by atoms with van der Waals surface area (Å²) in [7, 11) is 0. The molecule has 3 heteroatoms. The Morgan fingerprint density at radius 3 is 2.89 bits per heavy atom. The lowest BCUT2D eigenvalue weighted by atomic mass is 10.3. The van der Waals surface area contributed by atoms with Gasteiger partial charge in [0.25, 0.3) is 0 Å². The SMILES string of the molecule is C[C@@H]1CNC[C@H](C=O)O1. The summed E-state index contributed by atoms with van der Waals surface area (Å²) in [6.07, 6.45) is 0.783. The molecule has 1 aliphatic heterocycles. The van der Waals surface area contributed by atoms with Crippen LogP contribution in [0.5, 0.6) is 0 Å². The van der Waals surface area contributed by atoms with Gasteiger partial charge in [0, 0.05) is 13.1 Å². The largest absolute Gasteiger partial charge is 0.365 e. The molecule has 0 radical (unpaired) electrons. The molecule has 0 aliphatic carbocycles. The fourth-order valence-electron chi connectivity index (χ4n) is 0.904. The number of carbonyl (C=O) groups is 1. The Bertz CT molecular complexity index is 105. The van der Waals surface area contributed by atoms with Crippen LogP contribution in [0.4, 0.5) is 0 Å². The van der Waals surface area contributed by atoms with Crippen LogP contribution in [0.15, 0.2) is 0 Å². The van der Waals surface area contributed by atoms with Crippen LogP contribution < -0.4 is 5.32 Å². The lowest BCUT2D eigenvalue weighted by Gasteiger charge is -2.24. The van der Waals surface area contributed by atoms with Crippen LogP contribution in [0.3, 0.4) is 0 Å². The van der Waals surface area contributed by atoms with Crippen molar-refractivity contribution in [3.8, 4) is 0 Å². The molecular weight excluding hydrogens is 118 g/mol. The first-order chi connectivity index (χ1) is 4.33. The first-order valence-corrected chi connectivity index (χ1v) is 3.14. The summed E-state index contributed by atoms with van der Waals surface area (Å²) in [5, 5.41) is 3.08. The van der Waals surface area contributed by atoms with Gasteiger partial charge in [-0.05, 0) is 6.92 Å². The third-order valence-electron chi connectivity index (χ3n) is 1.34. The van der Waals surface area contributed by atoms with E-state index in [1.54, 1.807) is 0 Å². The minimum atomic E-state index is -0.228. The van der Waals surface area contributed by atoms with Crippen LogP contribution in [0.1, 0.15) is 6.92 Å². The van der Waals surface area contributed by atoms with Crippen LogP contribution >= 0.6 is 0 Å². The van der Waals surface area contributed by atoms with Crippen LogP contribution in [0.2, 0.25) is 0 Å². The summed E-state index contributed by atoms with van der Waals surface area (Å²) in [4.78, 5) is 10.1. The second-order valence-corrected chi connectivity index (χ2v) is 2.28. The maximum Gasteiger partial charge on any atom is 0.150 e. The van der Waals surface area contributed by atoms with Gasteiger partial charge in [0.05, 0.1) is 6.10 Å². The molecular formula is C6H11NO2. The smallest absolute Gasteiger partial charge is 0.150 e. The van der Waals surface area contributed by atoms with Crippen molar-refractivity contribution in [3.05, 3.63) is 0 Å². The van der Waals surface area contributed by atoms with Crippen molar-refractivity contribution in [3.63, 3.8) is 0 Å². The van der Waals surface area contributed by atoms with E-state index < -0.39 is 0 Å². The fourth-order valence-corrected chi connectivity index (χ4v) is 0.904. The van der Waals surface area contributed by atoms with Gasteiger partial charge in [-0.15, -0.1) is 0 Å². The van der Waals surface area contributed by atoms with E-state index in [9.17, 15) is 4.79 Å². The Labute approximate surface area is 54.4 Å². The van der Waals surface area contributed by atoms with Crippen molar-refractivity contribution in [2.24, 2.45) is 0 Å². The van der Waals surface area contributed by atoms with Gasteiger partial charge in [0.2, 0.25) is 0 Å². The molecule has 0 aromatic rings. The van der Waals surface area contributed by atoms with Crippen LogP contribution in [0.25, 0.3) is 0 Å². The van der Waals surface area contributed by atoms with Crippen LogP contribution in [-0.2, 0) is 9.53 Å². The number of aldehydes is 1. The van der Waals surface area contributed by atoms with Crippen molar-refractivity contribution in [2.75, 3.05) is 13.1 Å². The molecule has 0 unspecified atom stereocenters. The normalized spacial score (nSPS) is 36.1. The van der Waals surface area contributed by atoms with E-state index in [4.69, 9.17) is 4.74 Å². The Morgan fingerprint density at radius 2 is 2.44 bits per heavy atom. The molecule has 0 spiro atoms. The second-order valence-electron chi connectivity index (χ2n) is 2.28. The van der Waals surface area contributed by atoms with Gasteiger partial charge < -0.3 is 14.8 Å². The maximum absolute atomic E-state index is 10.1. The Morgan fingerprint density at radius 1 is 1.67 bits per heavy atom. The number of rotatable bonds is 1. The summed E-state index contributed by atoms with van der Waals surface area (Å²) in [6.45, 7) is 3.46. The number of hydrogen-bond acceptors (Lipinski definition) is 3. The van der Waals surface area contributed by atoms with E-state index in [0.717, 1.165) is 12.8 Å². The van der Waals surface area contributed by atoms with Gasteiger partial charge in [0.1, 0.15) is 12.4 Å². The predicted octanol–water partition coefficient (Wildman–Crippen LogP) is -0.438. The first kappa shape index (κ1) is 6.71. The average molecular weight is 129 g/mol. The minimum Gasteiger partial charge on any atom is -0.365 e. The van der Waals surface area contributed by atoms with E-state index in [2.05, 4.69) is 5.32 Å². The molecule has 1 N–H and O–H groups in total. The lowest BCUT2D eigenvalue weighted by molar-refractivity contribution is -0.123. The zero-order valence-corrected chi connectivity index (χ0v) is 5.46. The molecule has 0 saturated carbocycles. The molecule has 9 heavy (non-hydrogen) atoms. The molecule has 52 valence electrons. The molecule has 1 fully saturated rings. The third kappa shape index (κ3) is 1.77. The van der Waals surface area contributed by atoms with E-state index >= 15 is 0 Å². The van der Waals surface area contributed by atoms with E-state index in [1.807, 2.05) is 6.92 Å². The molecule has 1 saturated heterocycles. The third-order valence-corrected chi connectivity index (χ3v) is 1.34. The number of ether oxygens (including phenoxy) is 1. The number of carbonyl (C=O) groups excluding carboxylic acids is 1. The highest BCUT2D eigenvalue weighted by molar-refractivity contribution is 5.56. The Hall–Kier alpha value is -0.410. The van der Waals surface area contributed by atoms with Gasteiger partial charge in [-0.3, -0.25) is 0 Å². The highest BCUT2D eigenvalue weighted by Gasteiger charge is 2.16. The summed E-state index contributed by atoms with van der Waals surface area (Å²) >= 11 is 0. The monoisotopic (exact) mass is 129 g/mol. The summed E-state index contributed by atoms with van der Waals surface area (Å²) in [5.74, 6) is 0. The molecule has 0 amide bonds. The van der Waals surface area contributed by atoms with Crippen molar-refractivity contribution in [1.82, 2.24) is 5.32 Å². The summed E-state index contributed by atoms with van der Waals surface area (Å²) < 4.78 is 5.20. The molecule has 0 aromatic heterocycles. The lowest BCUT2D eigenvalue weighted by Crippen LogP contribution is -2.43. The summed E-state index contributed by atoms with van der Waals surface area (Å²) in [5.41, 5.74) is 0. The second kappa shape index (κ2) is 2.94. The van der Waals surface area contributed by atoms with Crippen LogP contribution in [-0.4, -0.2) is 31.6 Å². The number of morpholine rings is 1. The van der Waals surface area contributed by atoms with Crippen molar-refractivity contribution in [2.45, 2.75) is 19.1 Å². The van der Waals surface area contributed by atoms with Crippen molar-refractivity contribution in [1.29, 1.82) is 0 Å². The molecule has 3 nitrogen and oxygen atoms in total. The minimum absolute atomic E-state index is 0.175. The number of nitrogens with one attached hydrogen (secondary N) is 1. The topological polar surface area (TPSA) is 38.3 Å². The zero-order valence-electron chi connectivity index (χ0n) is 5.46. The summed E-state index contributed by atoms with van der Waals surface area (Å²) in [6, 6.07) is 0.